The van der Waals surface area contributed by atoms with Gasteiger partial charge in [-0.2, -0.15) is 0 Å². The Morgan fingerprint density at radius 2 is 0.311 bits per heavy atom. The second-order valence-corrected chi connectivity index (χ2v) is 27.7. The summed E-state index contributed by atoms with van der Waals surface area (Å²) in [6.07, 6.45) is 0. The van der Waals surface area contributed by atoms with Crippen LogP contribution in [0.15, 0.2) is 388 Å². The van der Waals surface area contributed by atoms with Gasteiger partial charge in [-0.3, -0.25) is 0 Å². The monoisotopic (exact) mass is 1350 g/mol. The van der Waals surface area contributed by atoms with Gasteiger partial charge in [0.25, 0.3) is 0 Å². The Morgan fingerprint density at radius 1 is 0.132 bits per heavy atom. The van der Waals surface area contributed by atoms with Crippen molar-refractivity contribution < 1.29 is 0 Å². The molecular weight excluding hydrogens is 1290 g/mol. The number of nitrogens with zero attached hydrogens (tertiary/aromatic N) is 6. The van der Waals surface area contributed by atoms with Crippen molar-refractivity contribution in [2.45, 2.75) is 0 Å². The van der Waals surface area contributed by atoms with Crippen LogP contribution in [0, 0.1) is 0 Å². The third-order valence-corrected chi connectivity index (χ3v) is 21.6. The van der Waals surface area contributed by atoms with Gasteiger partial charge in [-0.25, -0.2) is 9.97 Å². The summed E-state index contributed by atoms with van der Waals surface area (Å²) in [4.78, 5) is 10.9. The number of fused-ring (bicyclic) bond motifs is 12. The Balaban J connectivity index is 0.606. The summed E-state index contributed by atoms with van der Waals surface area (Å²) in [6.45, 7) is 0. The van der Waals surface area contributed by atoms with Crippen LogP contribution in [-0.2, 0) is 0 Å². The Labute approximate surface area is 612 Å². The van der Waals surface area contributed by atoms with Crippen LogP contribution in [0.1, 0.15) is 0 Å². The first-order valence-electron chi connectivity index (χ1n) is 36.3. The molecule has 494 valence electrons. The van der Waals surface area contributed by atoms with Gasteiger partial charge in [0, 0.05) is 88.1 Å². The van der Waals surface area contributed by atoms with E-state index in [-0.39, 0.29) is 0 Å². The average molecular weight is 1350 g/mol. The molecule has 0 saturated carbocycles. The van der Waals surface area contributed by atoms with E-state index in [0.717, 1.165) is 112 Å². The normalized spacial score (nSPS) is 11.8. The highest BCUT2D eigenvalue weighted by molar-refractivity contribution is 6.12. The van der Waals surface area contributed by atoms with Crippen LogP contribution < -0.4 is 0 Å². The molecule has 0 bridgehead atoms. The van der Waals surface area contributed by atoms with Crippen molar-refractivity contribution in [2.75, 3.05) is 0 Å². The van der Waals surface area contributed by atoms with E-state index in [2.05, 4.69) is 407 Å². The molecule has 21 aromatic rings. The number of pyridine rings is 2. The first-order chi connectivity index (χ1) is 52.5. The Bertz CT molecular complexity index is 6030. The molecule has 0 radical (unpaired) electrons. The lowest BCUT2D eigenvalue weighted by Gasteiger charge is -2.14. The lowest BCUT2D eigenvalue weighted by Crippen LogP contribution is -1.96. The number of benzene rings is 15. The number of hydrogen-bond donors (Lipinski definition) is 0. The maximum absolute atomic E-state index is 5.47. The first-order valence-corrected chi connectivity index (χ1v) is 36.3. The van der Waals surface area contributed by atoms with Crippen molar-refractivity contribution in [1.29, 1.82) is 0 Å². The van der Waals surface area contributed by atoms with Gasteiger partial charge in [-0.05, 0) is 172 Å². The van der Waals surface area contributed by atoms with Gasteiger partial charge in [-0.1, -0.05) is 261 Å². The van der Waals surface area contributed by atoms with Crippen LogP contribution in [-0.4, -0.2) is 28.2 Å². The van der Waals surface area contributed by atoms with Crippen molar-refractivity contribution >= 4 is 87.2 Å². The maximum atomic E-state index is 5.47. The van der Waals surface area contributed by atoms with Crippen LogP contribution >= 0.6 is 0 Å². The fraction of sp³-hybridized carbons (Fsp3) is 0. The van der Waals surface area contributed by atoms with Crippen molar-refractivity contribution in [1.82, 2.24) is 28.2 Å². The Morgan fingerprint density at radius 3 is 0.519 bits per heavy atom. The Hall–Kier alpha value is -14.2. The number of aromatic nitrogens is 6. The predicted octanol–water partition coefficient (Wildman–Crippen LogP) is 26.2. The van der Waals surface area contributed by atoms with E-state index in [1.54, 1.807) is 0 Å². The lowest BCUT2D eigenvalue weighted by atomic mass is 9.95. The summed E-state index contributed by atoms with van der Waals surface area (Å²) in [5, 5.41) is 9.94. The molecule has 0 fully saturated rings. The maximum Gasteiger partial charge on any atom is 0.0715 e. The van der Waals surface area contributed by atoms with Crippen LogP contribution in [0.5, 0.6) is 0 Å². The highest BCUT2D eigenvalue weighted by Crippen LogP contribution is 2.41. The molecule has 21 rings (SSSR count). The predicted molar refractivity (Wildman–Crippen MR) is 443 cm³/mol. The molecule has 0 aliphatic rings. The summed E-state index contributed by atoms with van der Waals surface area (Å²) in [5.74, 6) is 0. The molecule has 15 aromatic carbocycles. The summed E-state index contributed by atoms with van der Waals surface area (Å²) >= 11 is 0. The molecule has 6 aromatic heterocycles. The van der Waals surface area contributed by atoms with E-state index in [0.29, 0.717) is 0 Å². The minimum absolute atomic E-state index is 0.906. The van der Waals surface area contributed by atoms with Crippen LogP contribution in [0.25, 0.3) is 200 Å². The van der Waals surface area contributed by atoms with Gasteiger partial charge < -0.3 is 18.3 Å². The zero-order valence-electron chi connectivity index (χ0n) is 57.6. The molecule has 0 atom stereocenters. The van der Waals surface area contributed by atoms with Crippen molar-refractivity contribution in [3.63, 3.8) is 0 Å². The molecule has 0 N–H and O–H groups in total. The van der Waals surface area contributed by atoms with Crippen LogP contribution in [0.3, 0.4) is 0 Å². The van der Waals surface area contributed by atoms with Gasteiger partial charge >= 0.3 is 0 Å². The molecule has 0 aliphatic carbocycles. The van der Waals surface area contributed by atoms with E-state index in [4.69, 9.17) is 9.97 Å². The standard InChI is InChI=1S/C100H64N6/c1-9-28-93-81(20-1)82-21-2-10-29-94(82)103(93)77-52-44-69(45-53-77)89-61-75(62-90(101-89)70-46-54-78(55-47-70)104-95-30-11-3-22-83(95)84-23-4-12-31-96(84)104)67-40-36-65(37-41-67)73-18-17-19-74(60-73)66-38-42-68(43-39-66)76-63-91(71-48-56-79(57-49-71)105-97-32-13-5-24-85(97)86-25-6-14-33-98(86)105)102-92(64-76)72-50-58-80(59-51-72)106-99-34-15-7-26-87(99)88-27-8-16-35-100(88)106/h1-64H. The molecule has 0 amide bonds. The van der Waals surface area contributed by atoms with E-state index in [9.17, 15) is 0 Å². The average Bonchev–Trinajstić information content (AvgIpc) is 1.72. The summed E-state index contributed by atoms with van der Waals surface area (Å²) in [7, 11) is 0. The number of hydrogen-bond acceptors (Lipinski definition) is 2. The smallest absolute Gasteiger partial charge is 0.0715 e. The van der Waals surface area contributed by atoms with Gasteiger partial charge in [0.15, 0.2) is 0 Å². The molecule has 106 heavy (non-hydrogen) atoms. The highest BCUT2D eigenvalue weighted by atomic mass is 15.0. The van der Waals surface area contributed by atoms with Gasteiger partial charge in [-0.15, -0.1) is 0 Å². The zero-order chi connectivity index (χ0) is 69.8. The molecular formula is C100H64N6. The molecule has 0 unspecified atom stereocenters. The largest absolute Gasteiger partial charge is 0.309 e. The SMILES string of the molecule is c1cc(-c2ccc(-c3cc(-c4ccc(-n5c6ccccc6c6ccccc65)cc4)nc(-c4ccc(-n5c6ccccc6c6ccccc65)cc4)c3)cc2)cc(-c2ccc(-c3cc(-c4ccc(-n5c6ccccc6c6ccccc65)cc4)nc(-c4ccc(-n5c6ccccc6c6ccccc65)cc4)c3)cc2)c1. The third kappa shape index (κ3) is 10.2. The van der Waals surface area contributed by atoms with Gasteiger partial charge in [0.1, 0.15) is 0 Å². The summed E-state index contributed by atoms with van der Waals surface area (Å²) < 4.78 is 9.47. The minimum atomic E-state index is 0.906. The Kier molecular flexibility index (Phi) is 14.2. The highest BCUT2D eigenvalue weighted by Gasteiger charge is 2.20. The quantitative estimate of drug-likeness (QED) is 0.122. The van der Waals surface area contributed by atoms with Crippen molar-refractivity contribution in [3.05, 3.63) is 388 Å². The second kappa shape index (κ2) is 24.8. The second-order valence-electron chi connectivity index (χ2n) is 27.7. The zero-order valence-corrected chi connectivity index (χ0v) is 57.6. The number of para-hydroxylation sites is 8. The van der Waals surface area contributed by atoms with E-state index >= 15 is 0 Å². The summed E-state index contributed by atoms with van der Waals surface area (Å²) in [5.41, 5.74) is 30.7. The minimum Gasteiger partial charge on any atom is -0.309 e. The third-order valence-electron chi connectivity index (χ3n) is 21.6. The molecule has 0 spiro atoms. The fourth-order valence-corrected chi connectivity index (χ4v) is 16.5. The fourth-order valence-electron chi connectivity index (χ4n) is 16.5. The molecule has 0 saturated heterocycles. The first kappa shape index (κ1) is 60.6. The van der Waals surface area contributed by atoms with E-state index < -0.39 is 0 Å². The van der Waals surface area contributed by atoms with Gasteiger partial charge in [0.2, 0.25) is 0 Å². The van der Waals surface area contributed by atoms with E-state index in [1.165, 1.54) is 87.2 Å². The summed E-state index contributed by atoms with van der Waals surface area (Å²) in [6, 6.07) is 141. The van der Waals surface area contributed by atoms with Gasteiger partial charge in [0.05, 0.1) is 66.9 Å². The van der Waals surface area contributed by atoms with Crippen molar-refractivity contribution in [2.24, 2.45) is 0 Å². The lowest BCUT2D eigenvalue weighted by molar-refractivity contribution is 1.18. The van der Waals surface area contributed by atoms with Crippen LogP contribution in [0.4, 0.5) is 0 Å². The molecule has 0 aliphatic heterocycles. The van der Waals surface area contributed by atoms with Crippen molar-refractivity contribution in [3.8, 4) is 112 Å². The molecule has 6 heterocycles. The van der Waals surface area contributed by atoms with Crippen LogP contribution in [0.2, 0.25) is 0 Å². The molecule has 6 nitrogen and oxygen atoms in total. The number of rotatable bonds is 12. The topological polar surface area (TPSA) is 45.5 Å². The molecule has 6 heteroatoms. The van der Waals surface area contributed by atoms with E-state index in [1.807, 2.05) is 0 Å².